The molecular formula is C21H15NO4. The van der Waals surface area contributed by atoms with Gasteiger partial charge in [0.2, 0.25) is 11.3 Å². The number of esters is 1. The number of rotatable bonds is 5. The standard InChI is InChI=1S/C21H15NO4/c23-19(18-11-6-12-25-18)21(13-16-9-4-5-10-17(16)22-21)20(24)26-14-15-7-2-1-3-8-15/h1-13H,14H2. The van der Waals surface area contributed by atoms with Crippen LogP contribution in [-0.4, -0.2) is 17.3 Å². The fourth-order valence-corrected chi connectivity index (χ4v) is 2.90. The third-order valence-electron chi connectivity index (χ3n) is 4.21. The van der Waals surface area contributed by atoms with Gasteiger partial charge < -0.3 is 9.15 Å². The Hall–Kier alpha value is -3.47. The first kappa shape index (κ1) is 16.0. The number of para-hydroxylation sites is 1. The van der Waals surface area contributed by atoms with E-state index >= 15 is 0 Å². The van der Waals surface area contributed by atoms with Crippen molar-refractivity contribution in [2.24, 2.45) is 4.99 Å². The highest BCUT2D eigenvalue weighted by Crippen LogP contribution is 2.24. The van der Waals surface area contributed by atoms with Gasteiger partial charge >= 0.3 is 5.97 Å². The van der Waals surface area contributed by atoms with Crippen molar-refractivity contribution in [2.45, 2.75) is 12.1 Å². The van der Waals surface area contributed by atoms with Gasteiger partial charge in [-0.1, -0.05) is 48.5 Å². The van der Waals surface area contributed by atoms with E-state index in [-0.39, 0.29) is 12.4 Å². The summed E-state index contributed by atoms with van der Waals surface area (Å²) in [4.78, 5) is 30.4. The number of furan rings is 1. The molecule has 0 aliphatic carbocycles. The summed E-state index contributed by atoms with van der Waals surface area (Å²) >= 11 is 0. The number of carbonyl (C=O) groups is 2. The zero-order chi connectivity index (χ0) is 18.0. The Kier molecular flexibility index (Phi) is 3.97. The first-order valence-electron chi connectivity index (χ1n) is 8.16. The number of hydrogen-bond donors (Lipinski definition) is 0. The highest BCUT2D eigenvalue weighted by molar-refractivity contribution is 6.21. The Morgan fingerprint density at radius 2 is 1.73 bits per heavy atom. The normalized spacial score (nSPS) is 17.7. The first-order valence-corrected chi connectivity index (χ1v) is 8.16. The number of benzene rings is 2. The van der Waals surface area contributed by atoms with Gasteiger partial charge in [-0.2, -0.15) is 0 Å². The van der Waals surface area contributed by atoms with Gasteiger partial charge in [-0.15, -0.1) is 0 Å². The molecular weight excluding hydrogens is 330 g/mol. The zero-order valence-electron chi connectivity index (χ0n) is 13.8. The lowest BCUT2D eigenvalue weighted by molar-refractivity contribution is -0.147. The van der Waals surface area contributed by atoms with E-state index in [2.05, 4.69) is 4.99 Å². The number of fused-ring (bicyclic) bond motifs is 1. The minimum absolute atomic E-state index is 0.0621. The highest BCUT2D eigenvalue weighted by Gasteiger charge is 2.48. The van der Waals surface area contributed by atoms with Crippen LogP contribution in [0.3, 0.4) is 0 Å². The summed E-state index contributed by atoms with van der Waals surface area (Å²) in [6.45, 7) is 0.0621. The number of carbonyl (C=O) groups excluding carboxylic acids is 2. The molecule has 5 heteroatoms. The second-order valence-electron chi connectivity index (χ2n) is 5.95. The van der Waals surface area contributed by atoms with E-state index in [0.29, 0.717) is 10.6 Å². The molecule has 1 atom stereocenters. The van der Waals surface area contributed by atoms with Gasteiger partial charge in [-0.25, -0.2) is 4.79 Å². The Balaban J connectivity index is 1.71. The summed E-state index contributed by atoms with van der Waals surface area (Å²) in [5.74, 6) is -1.20. The second kappa shape index (κ2) is 6.44. The molecule has 0 fully saturated rings. The van der Waals surface area contributed by atoms with Crippen molar-refractivity contribution in [2.75, 3.05) is 0 Å². The average molecular weight is 345 g/mol. The Morgan fingerprint density at radius 3 is 2.46 bits per heavy atom. The summed E-state index contributed by atoms with van der Waals surface area (Å²) in [6.07, 6.45) is 2.93. The number of ether oxygens (including phenoxy) is 1. The van der Waals surface area contributed by atoms with Gasteiger partial charge in [0.05, 0.1) is 11.6 Å². The van der Waals surface area contributed by atoms with E-state index in [1.165, 1.54) is 12.3 Å². The van der Waals surface area contributed by atoms with Crippen molar-refractivity contribution < 1.29 is 18.7 Å². The SMILES string of the molecule is O=C(OCc1ccccc1)C1(C(=O)c2ccco2)C=c2ccccc2=N1. The topological polar surface area (TPSA) is 68.9 Å². The maximum absolute atomic E-state index is 13.0. The van der Waals surface area contributed by atoms with E-state index in [1.807, 2.05) is 36.4 Å². The summed E-state index contributed by atoms with van der Waals surface area (Å²) < 4.78 is 10.6. The van der Waals surface area contributed by atoms with Crippen LogP contribution in [0.25, 0.3) is 6.08 Å². The largest absolute Gasteiger partial charge is 0.461 e. The third-order valence-corrected chi connectivity index (χ3v) is 4.21. The molecule has 5 nitrogen and oxygen atoms in total. The maximum atomic E-state index is 13.0. The molecule has 0 radical (unpaired) electrons. The number of ketones is 1. The quantitative estimate of drug-likeness (QED) is 0.403. The summed E-state index contributed by atoms with van der Waals surface area (Å²) in [6, 6.07) is 19.6. The fraction of sp³-hybridized carbons (Fsp3) is 0.0952. The van der Waals surface area contributed by atoms with Crippen LogP contribution in [0, 0.1) is 0 Å². The Bertz CT molecular complexity index is 1030. The molecule has 1 aliphatic heterocycles. The number of Topliss-reactive ketones (excluding diaryl/α,β-unsaturated/α-hetero) is 1. The van der Waals surface area contributed by atoms with Crippen LogP contribution in [0.15, 0.2) is 82.4 Å². The molecule has 0 bridgehead atoms. The lowest BCUT2D eigenvalue weighted by Gasteiger charge is -2.20. The first-order chi connectivity index (χ1) is 12.7. The van der Waals surface area contributed by atoms with Gasteiger partial charge in [-0.3, -0.25) is 9.79 Å². The molecule has 1 unspecified atom stereocenters. The molecule has 1 aromatic heterocycles. The van der Waals surface area contributed by atoms with Gasteiger partial charge in [0.25, 0.3) is 0 Å². The molecule has 1 aliphatic rings. The average Bonchev–Trinajstić information content (AvgIpc) is 3.34. The van der Waals surface area contributed by atoms with Crippen molar-refractivity contribution in [3.63, 3.8) is 0 Å². The molecule has 0 saturated heterocycles. The third kappa shape index (κ3) is 2.73. The minimum atomic E-state index is -1.77. The van der Waals surface area contributed by atoms with E-state index in [9.17, 15) is 9.59 Å². The summed E-state index contributed by atoms with van der Waals surface area (Å²) in [7, 11) is 0. The predicted octanol–water partition coefficient (Wildman–Crippen LogP) is 2.06. The molecule has 0 N–H and O–H groups in total. The van der Waals surface area contributed by atoms with Crippen molar-refractivity contribution in [1.82, 2.24) is 0 Å². The van der Waals surface area contributed by atoms with Crippen molar-refractivity contribution in [3.05, 3.63) is 94.9 Å². The van der Waals surface area contributed by atoms with Crippen molar-refractivity contribution >= 4 is 17.8 Å². The molecule has 4 rings (SSSR count). The van der Waals surface area contributed by atoms with Crippen LogP contribution in [0.1, 0.15) is 16.1 Å². The van der Waals surface area contributed by atoms with Gasteiger partial charge in [0, 0.05) is 0 Å². The van der Waals surface area contributed by atoms with Crippen LogP contribution in [0.5, 0.6) is 0 Å². The lowest BCUT2D eigenvalue weighted by Crippen LogP contribution is -2.43. The fourth-order valence-electron chi connectivity index (χ4n) is 2.90. The molecule has 0 spiro atoms. The van der Waals surface area contributed by atoms with Crippen LogP contribution in [0.2, 0.25) is 0 Å². The Morgan fingerprint density at radius 1 is 0.962 bits per heavy atom. The highest BCUT2D eigenvalue weighted by atomic mass is 16.5. The number of nitrogens with zero attached hydrogens (tertiary/aromatic N) is 1. The molecule has 2 heterocycles. The second-order valence-corrected chi connectivity index (χ2v) is 5.95. The minimum Gasteiger partial charge on any atom is -0.461 e. The van der Waals surface area contributed by atoms with E-state index < -0.39 is 17.3 Å². The van der Waals surface area contributed by atoms with E-state index in [1.54, 1.807) is 30.3 Å². The monoisotopic (exact) mass is 345 g/mol. The maximum Gasteiger partial charge on any atom is 0.346 e. The molecule has 3 aromatic rings. The van der Waals surface area contributed by atoms with Gasteiger partial charge in [0.1, 0.15) is 6.61 Å². The van der Waals surface area contributed by atoms with E-state index in [0.717, 1.165) is 5.56 Å². The molecule has 0 saturated carbocycles. The van der Waals surface area contributed by atoms with Crippen LogP contribution < -0.4 is 10.6 Å². The predicted molar refractivity (Wildman–Crippen MR) is 93.7 cm³/mol. The van der Waals surface area contributed by atoms with Crippen LogP contribution >= 0.6 is 0 Å². The Labute approximate surface area is 149 Å². The molecule has 128 valence electrons. The lowest BCUT2D eigenvalue weighted by atomic mass is 9.93. The number of hydrogen-bond acceptors (Lipinski definition) is 5. The van der Waals surface area contributed by atoms with E-state index in [4.69, 9.17) is 9.15 Å². The van der Waals surface area contributed by atoms with Crippen LogP contribution in [-0.2, 0) is 16.1 Å². The van der Waals surface area contributed by atoms with Gasteiger partial charge in [-0.05, 0) is 35.1 Å². The molecule has 26 heavy (non-hydrogen) atoms. The molecule has 0 amide bonds. The summed E-state index contributed by atoms with van der Waals surface area (Å²) in [5, 5.41) is 1.29. The molecule has 2 aromatic carbocycles. The smallest absolute Gasteiger partial charge is 0.346 e. The zero-order valence-corrected chi connectivity index (χ0v) is 13.8. The van der Waals surface area contributed by atoms with Crippen LogP contribution in [0.4, 0.5) is 0 Å². The van der Waals surface area contributed by atoms with Gasteiger partial charge in [0.15, 0.2) is 5.76 Å². The summed E-state index contributed by atoms with van der Waals surface area (Å²) in [5.41, 5.74) is -0.937. The van der Waals surface area contributed by atoms with Crippen molar-refractivity contribution in [1.29, 1.82) is 0 Å². The van der Waals surface area contributed by atoms with Crippen molar-refractivity contribution in [3.8, 4) is 0 Å².